The van der Waals surface area contributed by atoms with E-state index in [0.717, 1.165) is 31.5 Å². The van der Waals surface area contributed by atoms with Gasteiger partial charge in [0.25, 0.3) is 5.91 Å². The first-order valence-electron chi connectivity index (χ1n) is 6.65. The van der Waals surface area contributed by atoms with Gasteiger partial charge in [-0.25, -0.2) is 0 Å². The van der Waals surface area contributed by atoms with Crippen LogP contribution in [0.3, 0.4) is 0 Å². The van der Waals surface area contributed by atoms with Crippen LogP contribution in [0.2, 0.25) is 0 Å². The maximum Gasteiger partial charge on any atom is 0.303 e. The molecule has 19 heavy (non-hydrogen) atoms. The van der Waals surface area contributed by atoms with Crippen LogP contribution in [0, 0.1) is 0 Å². The number of aliphatic carboxylic acids is 1. The maximum atomic E-state index is 12.1. The van der Waals surface area contributed by atoms with Crippen LogP contribution in [-0.2, 0) is 17.8 Å². The van der Waals surface area contributed by atoms with Crippen molar-refractivity contribution in [1.29, 1.82) is 0 Å². The van der Waals surface area contributed by atoms with Gasteiger partial charge in [0.15, 0.2) is 0 Å². The number of nitrogens with zero attached hydrogens (tertiary/aromatic N) is 2. The number of hydrogen-bond acceptors (Lipinski definition) is 3. The summed E-state index contributed by atoms with van der Waals surface area (Å²) in [6.07, 6.45) is 5.18. The van der Waals surface area contributed by atoms with Crippen molar-refractivity contribution in [3.63, 3.8) is 0 Å². The lowest BCUT2D eigenvalue weighted by molar-refractivity contribution is -0.137. The molecule has 0 aliphatic carbocycles. The van der Waals surface area contributed by atoms with E-state index in [2.05, 4.69) is 10.4 Å². The summed E-state index contributed by atoms with van der Waals surface area (Å²) in [7, 11) is 0. The van der Waals surface area contributed by atoms with Crippen molar-refractivity contribution in [3.8, 4) is 0 Å². The molecule has 1 aromatic heterocycles. The van der Waals surface area contributed by atoms with Crippen molar-refractivity contribution in [2.75, 3.05) is 0 Å². The van der Waals surface area contributed by atoms with E-state index < -0.39 is 5.97 Å². The second kappa shape index (κ2) is 5.86. The van der Waals surface area contributed by atoms with Gasteiger partial charge in [-0.1, -0.05) is 0 Å². The average Bonchev–Trinajstić information content (AvgIpc) is 2.80. The monoisotopic (exact) mass is 265 g/mol. The summed E-state index contributed by atoms with van der Waals surface area (Å²) in [4.78, 5) is 22.6. The number of fused-ring (bicyclic) bond motifs is 1. The molecule has 0 saturated carbocycles. The molecule has 6 heteroatoms. The number of nitrogens with one attached hydrogen (secondary N) is 1. The minimum absolute atomic E-state index is 0.0631. The Morgan fingerprint density at radius 1 is 1.53 bits per heavy atom. The van der Waals surface area contributed by atoms with E-state index >= 15 is 0 Å². The largest absolute Gasteiger partial charge is 0.481 e. The van der Waals surface area contributed by atoms with Gasteiger partial charge in [0.1, 0.15) is 0 Å². The molecule has 0 spiro atoms. The molecular formula is C13H19N3O3. The highest BCUT2D eigenvalue weighted by atomic mass is 16.4. The van der Waals surface area contributed by atoms with Crippen LogP contribution in [0.25, 0.3) is 0 Å². The molecule has 2 heterocycles. The third kappa shape index (κ3) is 3.33. The second-order valence-electron chi connectivity index (χ2n) is 4.99. The molecule has 104 valence electrons. The molecule has 2 rings (SSSR count). The lowest BCUT2D eigenvalue weighted by Gasteiger charge is -2.16. The number of rotatable bonds is 5. The SMILES string of the molecule is CC(CCC(=O)O)NC(=O)c1cnn2c1CCCC2. The van der Waals surface area contributed by atoms with Crippen LogP contribution in [-0.4, -0.2) is 32.8 Å². The Kier molecular flexibility index (Phi) is 4.19. The van der Waals surface area contributed by atoms with E-state index in [1.165, 1.54) is 0 Å². The number of hydrogen-bond donors (Lipinski definition) is 2. The first-order chi connectivity index (χ1) is 9.08. The van der Waals surface area contributed by atoms with Crippen molar-refractivity contribution >= 4 is 11.9 Å². The van der Waals surface area contributed by atoms with Gasteiger partial charge in [-0.3, -0.25) is 14.3 Å². The van der Waals surface area contributed by atoms with E-state index in [4.69, 9.17) is 5.11 Å². The molecule has 0 saturated heterocycles. The van der Waals surface area contributed by atoms with Crippen LogP contribution in [0.1, 0.15) is 48.7 Å². The van der Waals surface area contributed by atoms with Crippen LogP contribution >= 0.6 is 0 Å². The average molecular weight is 265 g/mol. The van der Waals surface area contributed by atoms with Crippen molar-refractivity contribution in [3.05, 3.63) is 17.5 Å². The molecule has 1 atom stereocenters. The van der Waals surface area contributed by atoms with E-state index in [0.29, 0.717) is 12.0 Å². The summed E-state index contributed by atoms with van der Waals surface area (Å²) in [5.41, 5.74) is 1.62. The maximum absolute atomic E-state index is 12.1. The molecule has 1 unspecified atom stereocenters. The third-order valence-electron chi connectivity index (χ3n) is 3.40. The van der Waals surface area contributed by atoms with E-state index in [1.807, 2.05) is 11.6 Å². The molecule has 1 amide bonds. The van der Waals surface area contributed by atoms with Gasteiger partial charge in [-0.2, -0.15) is 5.10 Å². The first kappa shape index (κ1) is 13.6. The molecule has 6 nitrogen and oxygen atoms in total. The summed E-state index contributed by atoms with van der Waals surface area (Å²) < 4.78 is 1.89. The number of carboxylic acids is 1. The van der Waals surface area contributed by atoms with Crippen LogP contribution < -0.4 is 5.32 Å². The number of carbonyl (C=O) groups is 2. The number of carbonyl (C=O) groups excluding carboxylic acids is 1. The zero-order chi connectivity index (χ0) is 13.8. The topological polar surface area (TPSA) is 84.2 Å². The molecule has 2 N–H and O–H groups in total. The van der Waals surface area contributed by atoms with Gasteiger partial charge < -0.3 is 10.4 Å². The molecule has 1 aromatic rings. The lowest BCUT2D eigenvalue weighted by Crippen LogP contribution is -2.33. The van der Waals surface area contributed by atoms with Crippen molar-refractivity contribution in [2.24, 2.45) is 0 Å². The quantitative estimate of drug-likeness (QED) is 0.838. The Bertz CT molecular complexity index is 481. The normalized spacial score (nSPS) is 15.6. The van der Waals surface area contributed by atoms with E-state index in [9.17, 15) is 9.59 Å². The van der Waals surface area contributed by atoms with Gasteiger partial charge in [0.2, 0.25) is 0 Å². The molecule has 0 bridgehead atoms. The smallest absolute Gasteiger partial charge is 0.303 e. The summed E-state index contributed by atoms with van der Waals surface area (Å²) in [6.45, 7) is 2.69. The highest BCUT2D eigenvalue weighted by Gasteiger charge is 2.20. The Morgan fingerprint density at radius 3 is 3.05 bits per heavy atom. The molecular weight excluding hydrogens is 246 g/mol. The summed E-state index contributed by atoms with van der Waals surface area (Å²) in [6, 6.07) is -0.150. The van der Waals surface area contributed by atoms with Crippen molar-refractivity contribution in [1.82, 2.24) is 15.1 Å². The Balaban J connectivity index is 1.96. The fourth-order valence-corrected chi connectivity index (χ4v) is 2.32. The molecule has 1 aliphatic rings. The minimum Gasteiger partial charge on any atom is -0.481 e. The van der Waals surface area contributed by atoms with E-state index in [1.54, 1.807) is 6.20 Å². The first-order valence-corrected chi connectivity index (χ1v) is 6.65. The number of aromatic nitrogens is 2. The van der Waals surface area contributed by atoms with Gasteiger partial charge in [-0.15, -0.1) is 0 Å². The van der Waals surface area contributed by atoms with Crippen LogP contribution in [0.4, 0.5) is 0 Å². The molecule has 0 fully saturated rings. The minimum atomic E-state index is -0.844. The number of amides is 1. The van der Waals surface area contributed by atoms with Gasteiger partial charge in [0.05, 0.1) is 17.5 Å². The van der Waals surface area contributed by atoms with Gasteiger partial charge >= 0.3 is 5.97 Å². The standard InChI is InChI=1S/C13H19N3O3/c1-9(5-6-12(17)18)15-13(19)10-8-14-16-7-3-2-4-11(10)16/h8-9H,2-7H2,1H3,(H,15,19)(H,17,18). The van der Waals surface area contributed by atoms with Crippen LogP contribution in [0.5, 0.6) is 0 Å². The fraction of sp³-hybridized carbons (Fsp3) is 0.615. The van der Waals surface area contributed by atoms with Crippen molar-refractivity contribution in [2.45, 2.75) is 51.6 Å². The second-order valence-corrected chi connectivity index (χ2v) is 4.99. The zero-order valence-electron chi connectivity index (χ0n) is 11.1. The van der Waals surface area contributed by atoms with E-state index in [-0.39, 0.29) is 18.4 Å². The predicted molar refractivity (Wildman–Crippen MR) is 69.0 cm³/mol. The summed E-state index contributed by atoms with van der Waals surface area (Å²) in [5, 5.41) is 15.7. The Labute approximate surface area is 111 Å². The third-order valence-corrected chi connectivity index (χ3v) is 3.40. The van der Waals surface area contributed by atoms with Crippen molar-refractivity contribution < 1.29 is 14.7 Å². The molecule has 0 radical (unpaired) electrons. The number of carboxylic acid groups (broad SMARTS) is 1. The lowest BCUT2D eigenvalue weighted by atomic mass is 10.1. The summed E-state index contributed by atoms with van der Waals surface area (Å²) in [5.74, 6) is -0.995. The van der Waals surface area contributed by atoms with Crippen LogP contribution in [0.15, 0.2) is 6.20 Å². The van der Waals surface area contributed by atoms with Gasteiger partial charge in [-0.05, 0) is 32.6 Å². The zero-order valence-corrected chi connectivity index (χ0v) is 11.1. The van der Waals surface area contributed by atoms with Gasteiger partial charge in [0, 0.05) is 19.0 Å². The highest BCUT2D eigenvalue weighted by Crippen LogP contribution is 2.18. The fourth-order valence-electron chi connectivity index (χ4n) is 2.32. The Morgan fingerprint density at radius 2 is 2.32 bits per heavy atom. The molecule has 1 aliphatic heterocycles. The molecule has 0 aromatic carbocycles. The Hall–Kier alpha value is -1.85. The highest BCUT2D eigenvalue weighted by molar-refractivity contribution is 5.95. The predicted octanol–water partition coefficient (Wildman–Crippen LogP) is 1.20. The summed E-state index contributed by atoms with van der Waals surface area (Å²) >= 11 is 0. The number of aryl methyl sites for hydroxylation is 1.